The van der Waals surface area contributed by atoms with Crippen LogP contribution < -0.4 is 10.1 Å². The van der Waals surface area contributed by atoms with Crippen LogP contribution in [-0.4, -0.2) is 30.7 Å². The smallest absolute Gasteiger partial charge is 0.338 e. The highest BCUT2D eigenvalue weighted by Crippen LogP contribution is 2.16. The number of methoxy groups -OCH3 is 1. The summed E-state index contributed by atoms with van der Waals surface area (Å²) in [5.41, 5.74) is 1.85. The number of carbonyl (C=O) groups excluding carboxylic acids is 2. The fraction of sp³-hybridized carbons (Fsp3) is 0.222. The van der Waals surface area contributed by atoms with Gasteiger partial charge in [-0.2, -0.15) is 0 Å². The lowest BCUT2D eigenvalue weighted by Gasteiger charge is -2.10. The molecule has 0 radical (unpaired) electrons. The molecule has 2 aromatic rings. The second-order valence-electron chi connectivity index (χ2n) is 5.02. The first-order valence-electron chi connectivity index (χ1n) is 7.39. The summed E-state index contributed by atoms with van der Waals surface area (Å²) in [4.78, 5) is 23.6. The summed E-state index contributed by atoms with van der Waals surface area (Å²) in [5, 5.41) is 11.6. The standard InChI is InChI=1S/C18H19NO5/c1-23-16-5-3-2-4-15(16)10-19-17(21)12-24-18(22)14-8-6-13(11-20)7-9-14/h2-9,20H,10-12H2,1H3,(H,19,21). The molecule has 0 unspecified atom stereocenters. The number of rotatable bonds is 7. The summed E-state index contributed by atoms with van der Waals surface area (Å²) in [6.07, 6.45) is 0. The molecule has 0 heterocycles. The van der Waals surface area contributed by atoms with Gasteiger partial charge < -0.3 is 19.9 Å². The van der Waals surface area contributed by atoms with Gasteiger partial charge in [-0.15, -0.1) is 0 Å². The van der Waals surface area contributed by atoms with E-state index in [1.165, 1.54) is 0 Å². The molecular weight excluding hydrogens is 310 g/mol. The number of ether oxygens (including phenoxy) is 2. The van der Waals surface area contributed by atoms with Crippen molar-refractivity contribution in [2.24, 2.45) is 0 Å². The maximum Gasteiger partial charge on any atom is 0.338 e. The van der Waals surface area contributed by atoms with Crippen molar-refractivity contribution >= 4 is 11.9 Å². The van der Waals surface area contributed by atoms with Crippen LogP contribution in [0.15, 0.2) is 48.5 Å². The quantitative estimate of drug-likeness (QED) is 0.755. The molecule has 0 bridgehead atoms. The second-order valence-corrected chi connectivity index (χ2v) is 5.02. The highest BCUT2D eigenvalue weighted by Gasteiger charge is 2.10. The van der Waals surface area contributed by atoms with E-state index in [-0.39, 0.29) is 19.8 Å². The Labute approximate surface area is 140 Å². The SMILES string of the molecule is COc1ccccc1CNC(=O)COC(=O)c1ccc(CO)cc1. The molecule has 0 aliphatic heterocycles. The van der Waals surface area contributed by atoms with Gasteiger partial charge in [-0.05, 0) is 23.8 Å². The maximum absolute atomic E-state index is 11.8. The Morgan fingerprint density at radius 2 is 1.79 bits per heavy atom. The summed E-state index contributed by atoms with van der Waals surface area (Å²) < 4.78 is 10.2. The number of carbonyl (C=O) groups is 2. The minimum atomic E-state index is -0.591. The largest absolute Gasteiger partial charge is 0.496 e. The fourth-order valence-corrected chi connectivity index (χ4v) is 2.05. The van der Waals surface area contributed by atoms with E-state index in [4.69, 9.17) is 14.6 Å². The van der Waals surface area contributed by atoms with Crippen molar-refractivity contribution in [2.45, 2.75) is 13.2 Å². The van der Waals surface area contributed by atoms with Gasteiger partial charge >= 0.3 is 5.97 Å². The summed E-state index contributed by atoms with van der Waals surface area (Å²) in [6.45, 7) is -0.179. The molecule has 1 amide bonds. The number of aliphatic hydroxyl groups excluding tert-OH is 1. The zero-order chi connectivity index (χ0) is 17.4. The molecule has 2 aromatic carbocycles. The van der Waals surface area contributed by atoms with Crippen molar-refractivity contribution in [3.8, 4) is 5.75 Å². The molecule has 0 spiro atoms. The number of benzene rings is 2. The van der Waals surface area contributed by atoms with Gasteiger partial charge in [0.2, 0.25) is 0 Å². The first-order valence-corrected chi connectivity index (χ1v) is 7.39. The molecule has 6 nitrogen and oxygen atoms in total. The minimum absolute atomic E-state index is 0.0965. The van der Waals surface area contributed by atoms with Crippen LogP contribution >= 0.6 is 0 Å². The van der Waals surface area contributed by atoms with E-state index in [9.17, 15) is 9.59 Å². The number of hydrogen-bond donors (Lipinski definition) is 2. The van der Waals surface area contributed by atoms with E-state index in [1.807, 2.05) is 18.2 Å². The second kappa shape index (κ2) is 8.69. The van der Waals surface area contributed by atoms with Gasteiger partial charge in [0.1, 0.15) is 5.75 Å². The number of nitrogens with one attached hydrogen (secondary N) is 1. The van der Waals surface area contributed by atoms with Crippen LogP contribution in [0.4, 0.5) is 0 Å². The predicted molar refractivity (Wildman–Crippen MR) is 87.5 cm³/mol. The maximum atomic E-state index is 11.8. The normalized spacial score (nSPS) is 10.1. The lowest BCUT2D eigenvalue weighted by molar-refractivity contribution is -0.124. The molecule has 6 heteroatoms. The predicted octanol–water partition coefficient (Wildman–Crippen LogP) is 1.66. The lowest BCUT2D eigenvalue weighted by Crippen LogP contribution is -2.28. The minimum Gasteiger partial charge on any atom is -0.496 e. The van der Waals surface area contributed by atoms with Gasteiger partial charge in [0.05, 0.1) is 19.3 Å². The van der Waals surface area contributed by atoms with Gasteiger partial charge in [-0.25, -0.2) is 4.79 Å². The van der Waals surface area contributed by atoms with E-state index < -0.39 is 11.9 Å². The number of amides is 1. The molecule has 0 atom stereocenters. The Balaban J connectivity index is 1.81. The van der Waals surface area contributed by atoms with Crippen molar-refractivity contribution in [2.75, 3.05) is 13.7 Å². The topological polar surface area (TPSA) is 84.9 Å². The molecule has 0 aliphatic carbocycles. The monoisotopic (exact) mass is 329 g/mol. The third-order valence-corrected chi connectivity index (χ3v) is 3.38. The zero-order valence-electron chi connectivity index (χ0n) is 13.3. The summed E-state index contributed by atoms with van der Waals surface area (Å²) >= 11 is 0. The van der Waals surface area contributed by atoms with Gasteiger partial charge in [0.25, 0.3) is 5.91 Å². The average Bonchev–Trinajstić information content (AvgIpc) is 2.64. The Kier molecular flexibility index (Phi) is 6.33. The Morgan fingerprint density at radius 3 is 2.46 bits per heavy atom. The highest BCUT2D eigenvalue weighted by atomic mass is 16.5. The third kappa shape index (κ3) is 4.82. The molecular formula is C18H19NO5. The van der Waals surface area contributed by atoms with E-state index in [1.54, 1.807) is 37.4 Å². The van der Waals surface area contributed by atoms with Crippen LogP contribution in [0.3, 0.4) is 0 Å². The van der Waals surface area contributed by atoms with Gasteiger partial charge in [0, 0.05) is 12.1 Å². The first kappa shape index (κ1) is 17.5. The number of aliphatic hydroxyl groups is 1. The van der Waals surface area contributed by atoms with Crippen molar-refractivity contribution in [1.82, 2.24) is 5.32 Å². The van der Waals surface area contributed by atoms with E-state index in [2.05, 4.69) is 5.32 Å². The Bertz CT molecular complexity index is 697. The van der Waals surface area contributed by atoms with Crippen molar-refractivity contribution < 1.29 is 24.2 Å². The van der Waals surface area contributed by atoms with Crippen LogP contribution in [0.25, 0.3) is 0 Å². The molecule has 0 aromatic heterocycles. The molecule has 24 heavy (non-hydrogen) atoms. The van der Waals surface area contributed by atoms with E-state index in [0.29, 0.717) is 16.9 Å². The average molecular weight is 329 g/mol. The van der Waals surface area contributed by atoms with Crippen molar-refractivity contribution in [3.63, 3.8) is 0 Å². The number of hydrogen-bond acceptors (Lipinski definition) is 5. The molecule has 0 saturated carbocycles. The van der Waals surface area contributed by atoms with Crippen LogP contribution in [0.1, 0.15) is 21.5 Å². The number of para-hydroxylation sites is 1. The van der Waals surface area contributed by atoms with E-state index >= 15 is 0 Å². The first-order chi connectivity index (χ1) is 11.6. The number of esters is 1. The van der Waals surface area contributed by atoms with E-state index in [0.717, 1.165) is 5.56 Å². The summed E-state index contributed by atoms with van der Waals surface area (Å²) in [7, 11) is 1.56. The van der Waals surface area contributed by atoms with Crippen molar-refractivity contribution in [1.29, 1.82) is 0 Å². The van der Waals surface area contributed by atoms with Crippen LogP contribution in [-0.2, 0) is 22.7 Å². The molecule has 126 valence electrons. The molecule has 0 saturated heterocycles. The fourth-order valence-electron chi connectivity index (χ4n) is 2.05. The zero-order valence-corrected chi connectivity index (χ0v) is 13.3. The molecule has 2 N–H and O–H groups in total. The lowest BCUT2D eigenvalue weighted by atomic mass is 10.1. The highest BCUT2D eigenvalue weighted by molar-refractivity contribution is 5.91. The summed E-state index contributed by atoms with van der Waals surface area (Å²) in [6, 6.07) is 13.7. The van der Waals surface area contributed by atoms with Crippen LogP contribution in [0.2, 0.25) is 0 Å². The Hall–Kier alpha value is -2.86. The van der Waals surface area contributed by atoms with Crippen LogP contribution in [0, 0.1) is 0 Å². The van der Waals surface area contributed by atoms with Crippen molar-refractivity contribution in [3.05, 3.63) is 65.2 Å². The van der Waals surface area contributed by atoms with Crippen LogP contribution in [0.5, 0.6) is 5.75 Å². The molecule has 0 fully saturated rings. The van der Waals surface area contributed by atoms with Gasteiger partial charge in [-0.3, -0.25) is 4.79 Å². The Morgan fingerprint density at radius 1 is 1.08 bits per heavy atom. The third-order valence-electron chi connectivity index (χ3n) is 3.38. The van der Waals surface area contributed by atoms with Gasteiger partial charge in [-0.1, -0.05) is 30.3 Å². The summed E-state index contributed by atoms with van der Waals surface area (Å²) in [5.74, 6) is -0.313. The molecule has 2 rings (SSSR count). The van der Waals surface area contributed by atoms with Gasteiger partial charge in [0.15, 0.2) is 6.61 Å². The molecule has 0 aliphatic rings.